The van der Waals surface area contributed by atoms with E-state index in [-0.39, 0.29) is 6.61 Å². The molecular weight excluding hydrogens is 340 g/mol. The van der Waals surface area contributed by atoms with Gasteiger partial charge in [-0.05, 0) is 47.0 Å². The SMILES string of the molecule is COC(=O)COc1c(Br)cc(Br)c(C)c1C. The van der Waals surface area contributed by atoms with Gasteiger partial charge in [0.2, 0.25) is 0 Å². The van der Waals surface area contributed by atoms with Crippen molar-refractivity contribution in [3.63, 3.8) is 0 Å². The van der Waals surface area contributed by atoms with Crippen LogP contribution in [0.25, 0.3) is 0 Å². The van der Waals surface area contributed by atoms with Gasteiger partial charge in [0.25, 0.3) is 0 Å². The molecule has 0 amide bonds. The maximum Gasteiger partial charge on any atom is 0.343 e. The van der Waals surface area contributed by atoms with E-state index in [1.807, 2.05) is 19.9 Å². The van der Waals surface area contributed by atoms with Gasteiger partial charge in [-0.2, -0.15) is 0 Å². The average molecular weight is 352 g/mol. The highest BCUT2D eigenvalue weighted by Crippen LogP contribution is 2.35. The molecule has 0 aromatic heterocycles. The summed E-state index contributed by atoms with van der Waals surface area (Å²) in [5.74, 6) is 0.276. The number of ether oxygens (including phenoxy) is 2. The Labute approximate surface area is 111 Å². The number of esters is 1. The lowest BCUT2D eigenvalue weighted by Crippen LogP contribution is -2.13. The van der Waals surface area contributed by atoms with Crippen molar-refractivity contribution in [3.8, 4) is 5.75 Å². The van der Waals surface area contributed by atoms with Gasteiger partial charge in [0, 0.05) is 4.47 Å². The minimum atomic E-state index is -0.396. The van der Waals surface area contributed by atoms with Gasteiger partial charge < -0.3 is 9.47 Å². The highest BCUT2D eigenvalue weighted by Gasteiger charge is 2.12. The minimum Gasteiger partial charge on any atom is -0.480 e. The molecule has 0 N–H and O–H groups in total. The third-order valence-corrected chi connectivity index (χ3v) is 3.71. The Bertz CT molecular complexity index is 416. The van der Waals surface area contributed by atoms with Crippen LogP contribution in [0.4, 0.5) is 0 Å². The lowest BCUT2D eigenvalue weighted by atomic mass is 10.1. The molecule has 5 heteroatoms. The highest BCUT2D eigenvalue weighted by molar-refractivity contribution is 9.11. The van der Waals surface area contributed by atoms with Crippen LogP contribution in [0.2, 0.25) is 0 Å². The van der Waals surface area contributed by atoms with E-state index in [0.717, 1.165) is 20.1 Å². The first-order valence-corrected chi connectivity index (χ1v) is 6.20. The molecule has 0 saturated heterocycles. The quantitative estimate of drug-likeness (QED) is 0.783. The van der Waals surface area contributed by atoms with Gasteiger partial charge >= 0.3 is 5.97 Å². The van der Waals surface area contributed by atoms with E-state index in [9.17, 15) is 4.79 Å². The van der Waals surface area contributed by atoms with Crippen LogP contribution in [0.5, 0.6) is 5.75 Å². The topological polar surface area (TPSA) is 35.5 Å². The van der Waals surface area contributed by atoms with Crippen molar-refractivity contribution in [1.29, 1.82) is 0 Å². The number of hydrogen-bond donors (Lipinski definition) is 0. The average Bonchev–Trinajstić information content (AvgIpc) is 2.25. The van der Waals surface area contributed by atoms with Crippen LogP contribution in [0.1, 0.15) is 11.1 Å². The van der Waals surface area contributed by atoms with Crippen molar-refractivity contribution >= 4 is 37.8 Å². The predicted octanol–water partition coefficient (Wildman–Crippen LogP) is 3.38. The molecule has 16 heavy (non-hydrogen) atoms. The smallest absolute Gasteiger partial charge is 0.343 e. The number of methoxy groups -OCH3 is 1. The lowest BCUT2D eigenvalue weighted by Gasteiger charge is -2.13. The molecule has 0 aliphatic rings. The van der Waals surface area contributed by atoms with Gasteiger partial charge in [-0.1, -0.05) is 15.9 Å². The first kappa shape index (κ1) is 13.5. The zero-order chi connectivity index (χ0) is 12.3. The molecular formula is C11H12Br2O3. The molecule has 0 aliphatic carbocycles. The fraction of sp³-hybridized carbons (Fsp3) is 0.364. The molecule has 0 unspecified atom stereocenters. The maximum atomic E-state index is 11.0. The Balaban J connectivity index is 2.96. The van der Waals surface area contributed by atoms with Crippen LogP contribution in [0, 0.1) is 13.8 Å². The van der Waals surface area contributed by atoms with Crippen molar-refractivity contribution < 1.29 is 14.3 Å². The normalized spacial score (nSPS) is 10.1. The summed E-state index contributed by atoms with van der Waals surface area (Å²) in [5, 5.41) is 0. The monoisotopic (exact) mass is 350 g/mol. The number of halogens is 2. The van der Waals surface area contributed by atoms with Crippen molar-refractivity contribution in [2.45, 2.75) is 13.8 Å². The van der Waals surface area contributed by atoms with Crippen LogP contribution in [0.15, 0.2) is 15.0 Å². The summed E-state index contributed by atoms with van der Waals surface area (Å²) >= 11 is 6.84. The molecule has 1 aromatic carbocycles. The first-order valence-electron chi connectivity index (χ1n) is 4.62. The van der Waals surface area contributed by atoms with Gasteiger partial charge in [-0.3, -0.25) is 0 Å². The van der Waals surface area contributed by atoms with Gasteiger partial charge in [-0.15, -0.1) is 0 Å². The number of benzene rings is 1. The number of hydrogen-bond acceptors (Lipinski definition) is 3. The van der Waals surface area contributed by atoms with E-state index in [4.69, 9.17) is 4.74 Å². The van der Waals surface area contributed by atoms with E-state index >= 15 is 0 Å². The molecule has 0 aliphatic heterocycles. The minimum absolute atomic E-state index is 0.0863. The van der Waals surface area contributed by atoms with Crippen LogP contribution < -0.4 is 4.74 Å². The molecule has 0 spiro atoms. The number of carbonyl (C=O) groups is 1. The second-order valence-electron chi connectivity index (χ2n) is 3.28. The van der Waals surface area contributed by atoms with Gasteiger partial charge in [0.05, 0.1) is 11.6 Å². The summed E-state index contributed by atoms with van der Waals surface area (Å²) in [6.07, 6.45) is 0. The standard InChI is InChI=1S/C11H12Br2O3/c1-6-7(2)11(9(13)4-8(6)12)16-5-10(14)15-3/h4H,5H2,1-3H3. The van der Waals surface area contributed by atoms with E-state index in [1.54, 1.807) is 0 Å². The number of rotatable bonds is 3. The Kier molecular flexibility index (Phi) is 4.80. The molecule has 3 nitrogen and oxygen atoms in total. The molecule has 0 saturated carbocycles. The Morgan fingerprint density at radius 2 is 1.88 bits per heavy atom. The predicted molar refractivity (Wildman–Crippen MR) is 68.8 cm³/mol. The van der Waals surface area contributed by atoms with Crippen molar-refractivity contribution in [2.24, 2.45) is 0 Å². The van der Waals surface area contributed by atoms with E-state index in [2.05, 4.69) is 36.6 Å². The maximum absolute atomic E-state index is 11.0. The third-order valence-electron chi connectivity index (χ3n) is 2.29. The molecule has 0 radical (unpaired) electrons. The Hall–Kier alpha value is -0.550. The first-order chi connectivity index (χ1) is 7.47. The van der Waals surface area contributed by atoms with E-state index in [0.29, 0.717) is 5.75 Å². The molecule has 0 atom stereocenters. The second-order valence-corrected chi connectivity index (χ2v) is 4.99. The number of carbonyl (C=O) groups excluding carboxylic acids is 1. The fourth-order valence-corrected chi connectivity index (χ4v) is 2.66. The molecule has 1 rings (SSSR count). The third kappa shape index (κ3) is 2.98. The second kappa shape index (κ2) is 5.68. The summed E-state index contributed by atoms with van der Waals surface area (Å²) in [5.41, 5.74) is 2.08. The fourth-order valence-electron chi connectivity index (χ4n) is 1.18. The van der Waals surface area contributed by atoms with Crippen molar-refractivity contribution in [3.05, 3.63) is 26.1 Å². The molecule has 88 valence electrons. The van der Waals surface area contributed by atoms with Crippen molar-refractivity contribution in [1.82, 2.24) is 0 Å². The zero-order valence-electron chi connectivity index (χ0n) is 9.27. The summed E-state index contributed by atoms with van der Waals surface area (Å²) in [6, 6.07) is 1.90. The Morgan fingerprint density at radius 3 is 2.44 bits per heavy atom. The molecule has 1 aromatic rings. The van der Waals surface area contributed by atoms with Gasteiger partial charge in [-0.25, -0.2) is 4.79 Å². The molecule has 0 fully saturated rings. The van der Waals surface area contributed by atoms with Crippen molar-refractivity contribution in [2.75, 3.05) is 13.7 Å². The summed E-state index contributed by atoms with van der Waals surface area (Å²) in [4.78, 5) is 11.0. The van der Waals surface area contributed by atoms with Crippen LogP contribution in [-0.2, 0) is 9.53 Å². The van der Waals surface area contributed by atoms with Crippen LogP contribution in [0.3, 0.4) is 0 Å². The summed E-state index contributed by atoms with van der Waals surface area (Å²) < 4.78 is 11.7. The largest absolute Gasteiger partial charge is 0.480 e. The lowest BCUT2D eigenvalue weighted by molar-refractivity contribution is -0.142. The Morgan fingerprint density at radius 1 is 1.25 bits per heavy atom. The highest BCUT2D eigenvalue weighted by atomic mass is 79.9. The van der Waals surface area contributed by atoms with Crippen LogP contribution in [-0.4, -0.2) is 19.7 Å². The summed E-state index contributed by atoms with van der Waals surface area (Å²) in [6.45, 7) is 3.84. The summed E-state index contributed by atoms with van der Waals surface area (Å²) in [7, 11) is 1.33. The molecule has 0 bridgehead atoms. The van der Waals surface area contributed by atoms with Gasteiger partial charge in [0.1, 0.15) is 5.75 Å². The van der Waals surface area contributed by atoms with E-state index < -0.39 is 5.97 Å². The van der Waals surface area contributed by atoms with Gasteiger partial charge in [0.15, 0.2) is 6.61 Å². The van der Waals surface area contributed by atoms with E-state index in [1.165, 1.54) is 7.11 Å². The molecule has 0 heterocycles. The zero-order valence-corrected chi connectivity index (χ0v) is 12.4. The van der Waals surface area contributed by atoms with Crippen LogP contribution >= 0.6 is 31.9 Å².